The summed E-state index contributed by atoms with van der Waals surface area (Å²) in [6.07, 6.45) is 12.3. The van der Waals surface area contributed by atoms with E-state index in [9.17, 15) is 14.4 Å². The Balaban J connectivity index is 1.37. The smallest absolute Gasteiger partial charge is 0.305 e. The molecule has 2 aromatic carbocycles. The molecule has 4 rings (SSSR count). The first-order valence-electron chi connectivity index (χ1n) is 17.3. The number of carboxylic acid groups (broad SMARTS) is 1. The maximum absolute atomic E-state index is 13.3. The quantitative estimate of drug-likeness (QED) is 0.124. The van der Waals surface area contributed by atoms with Crippen LogP contribution in [0.4, 0.5) is 0 Å². The third-order valence-electron chi connectivity index (χ3n) is 8.33. The lowest BCUT2D eigenvalue weighted by Crippen LogP contribution is -2.52. The molecule has 2 heterocycles. The van der Waals surface area contributed by atoms with E-state index in [1.807, 2.05) is 48.5 Å². The summed E-state index contributed by atoms with van der Waals surface area (Å²) < 4.78 is 5.89. The van der Waals surface area contributed by atoms with Crippen molar-refractivity contribution in [1.29, 1.82) is 0 Å². The van der Waals surface area contributed by atoms with E-state index in [4.69, 9.17) is 9.84 Å². The third-order valence-corrected chi connectivity index (χ3v) is 10.1. The van der Waals surface area contributed by atoms with Crippen molar-refractivity contribution in [3.63, 3.8) is 0 Å². The normalized spacial score (nSPS) is 15.6. The Morgan fingerprint density at radius 1 is 0.918 bits per heavy atom. The average molecular weight is 687 g/mol. The maximum Gasteiger partial charge on any atom is 0.305 e. The lowest BCUT2D eigenvalue weighted by Gasteiger charge is -2.24. The third kappa shape index (κ3) is 11.7. The zero-order valence-corrected chi connectivity index (χ0v) is 30.1. The molecule has 0 fully saturated rings. The number of hydrogen-bond donors (Lipinski definition) is 3. The Morgan fingerprint density at radius 2 is 1.57 bits per heavy atom. The first-order valence-corrected chi connectivity index (χ1v) is 18.1. The van der Waals surface area contributed by atoms with Crippen molar-refractivity contribution in [3.05, 3.63) is 77.5 Å². The molecule has 0 radical (unpaired) electrons. The lowest BCUT2D eigenvalue weighted by molar-refractivity contribution is -0.138. The number of nitrogens with zero attached hydrogens (tertiary/aromatic N) is 2. The van der Waals surface area contributed by atoms with Crippen molar-refractivity contribution in [3.8, 4) is 28.3 Å². The number of aromatic nitrogens is 2. The van der Waals surface area contributed by atoms with Crippen LogP contribution in [-0.2, 0) is 20.8 Å². The second-order valence-electron chi connectivity index (χ2n) is 13.7. The molecule has 0 aliphatic carbocycles. The van der Waals surface area contributed by atoms with E-state index in [2.05, 4.69) is 54.4 Å². The number of allylic oxidation sites excluding steroid dienone is 2. The minimum atomic E-state index is -1.01. The van der Waals surface area contributed by atoms with E-state index in [1.54, 1.807) is 19.3 Å². The number of carboxylic acids is 1. The summed E-state index contributed by atoms with van der Waals surface area (Å²) in [5.41, 5.74) is 3.51. The van der Waals surface area contributed by atoms with Crippen molar-refractivity contribution in [1.82, 2.24) is 20.6 Å². The van der Waals surface area contributed by atoms with E-state index < -0.39 is 24.0 Å². The summed E-state index contributed by atoms with van der Waals surface area (Å²) in [4.78, 5) is 48.1. The minimum Gasteiger partial charge on any atom is -0.494 e. The fourth-order valence-corrected chi connectivity index (χ4v) is 6.75. The number of amides is 2. The molecule has 0 saturated heterocycles. The van der Waals surface area contributed by atoms with Crippen LogP contribution in [0.1, 0.15) is 85.1 Å². The van der Waals surface area contributed by atoms with Crippen LogP contribution in [0.15, 0.2) is 71.9 Å². The Hall–Kier alpha value is -4.18. The molecule has 10 heteroatoms. The highest BCUT2D eigenvalue weighted by atomic mass is 32.2. The molecule has 1 unspecified atom stereocenters. The van der Waals surface area contributed by atoms with Gasteiger partial charge >= 0.3 is 5.97 Å². The monoisotopic (exact) mass is 686 g/mol. The molecular formula is C39H50N4O5S. The first kappa shape index (κ1) is 37.6. The summed E-state index contributed by atoms with van der Waals surface area (Å²) >= 11 is 1.53. The van der Waals surface area contributed by atoms with Gasteiger partial charge in [-0.3, -0.25) is 14.4 Å². The molecule has 49 heavy (non-hydrogen) atoms. The van der Waals surface area contributed by atoms with Crippen LogP contribution in [0, 0.1) is 5.41 Å². The van der Waals surface area contributed by atoms with Gasteiger partial charge in [0.2, 0.25) is 11.8 Å². The molecule has 3 N–H and O–H groups in total. The molecule has 0 saturated carbocycles. The molecule has 9 nitrogen and oxygen atoms in total. The van der Waals surface area contributed by atoms with Gasteiger partial charge in [0.25, 0.3) is 0 Å². The summed E-state index contributed by atoms with van der Waals surface area (Å²) in [6.45, 7) is 10.9. The molecule has 2 amide bonds. The second kappa shape index (κ2) is 18.0. The van der Waals surface area contributed by atoms with Crippen LogP contribution in [0.2, 0.25) is 0 Å². The Labute approximate surface area is 294 Å². The van der Waals surface area contributed by atoms with Crippen LogP contribution in [0.5, 0.6) is 5.75 Å². The number of carbonyl (C=O) groups excluding carboxylic acids is 2. The standard InChI is InChI=1S/C39H50N4O5S/c1-6-7-8-9-10-21-48-31-17-15-28(16-18-31)30-24-40-36(41-25-30)29-13-11-27(12-14-29)23-32(37(46)42-26(2)22-35(44)45)43-38(47)33-19-20-34(49-33)39(3,4)5/h11-18,20,24-26,32-33H,6-10,19,21-23H2,1-5H3,(H,42,46)(H,43,47)(H,44,45)/t26-,32-,33?/m0/s1. The molecule has 1 aliphatic heterocycles. The molecule has 1 aromatic heterocycles. The molecule has 1 aliphatic rings. The maximum atomic E-state index is 13.3. The predicted molar refractivity (Wildman–Crippen MR) is 196 cm³/mol. The van der Waals surface area contributed by atoms with Crippen molar-refractivity contribution in [2.24, 2.45) is 5.41 Å². The number of unbranched alkanes of at least 4 members (excludes halogenated alkanes) is 4. The largest absolute Gasteiger partial charge is 0.494 e. The molecule has 0 bridgehead atoms. The molecule has 262 valence electrons. The van der Waals surface area contributed by atoms with Crippen LogP contribution < -0.4 is 15.4 Å². The summed E-state index contributed by atoms with van der Waals surface area (Å²) in [6, 6.07) is 14.1. The predicted octanol–water partition coefficient (Wildman–Crippen LogP) is 7.60. The average Bonchev–Trinajstić information content (AvgIpc) is 3.58. The van der Waals surface area contributed by atoms with Gasteiger partial charge in [-0.2, -0.15) is 0 Å². The van der Waals surface area contributed by atoms with Crippen LogP contribution in [-0.4, -0.2) is 56.8 Å². The van der Waals surface area contributed by atoms with Gasteiger partial charge in [0.15, 0.2) is 5.82 Å². The van der Waals surface area contributed by atoms with Gasteiger partial charge in [-0.25, -0.2) is 9.97 Å². The number of nitrogens with one attached hydrogen (secondary N) is 2. The highest BCUT2D eigenvalue weighted by Gasteiger charge is 2.33. The van der Waals surface area contributed by atoms with Crippen molar-refractivity contribution >= 4 is 29.5 Å². The summed E-state index contributed by atoms with van der Waals surface area (Å²) in [7, 11) is 0. The minimum absolute atomic E-state index is 0.0533. The molecule has 3 aromatic rings. The summed E-state index contributed by atoms with van der Waals surface area (Å²) in [5.74, 6) is -0.205. The SMILES string of the molecule is CCCCCCCOc1ccc(-c2cnc(-c3ccc(C[C@H](NC(=O)C4CC=C(C(C)(C)C)S4)C(=O)N[C@@H](C)CC(=O)O)cc3)nc2)cc1. The Morgan fingerprint density at radius 3 is 2.18 bits per heavy atom. The van der Waals surface area contributed by atoms with Crippen LogP contribution in [0.3, 0.4) is 0 Å². The van der Waals surface area contributed by atoms with E-state index in [-0.39, 0.29) is 29.4 Å². The highest BCUT2D eigenvalue weighted by molar-refractivity contribution is 8.04. The van der Waals surface area contributed by atoms with Gasteiger partial charge in [0.05, 0.1) is 18.3 Å². The van der Waals surface area contributed by atoms with Crippen LogP contribution >= 0.6 is 11.8 Å². The van der Waals surface area contributed by atoms with Crippen molar-refractivity contribution in [2.45, 2.75) is 103 Å². The molecular weight excluding hydrogens is 637 g/mol. The van der Waals surface area contributed by atoms with E-state index in [0.29, 0.717) is 12.2 Å². The number of hydrogen-bond acceptors (Lipinski definition) is 7. The number of carbonyl (C=O) groups is 3. The number of thioether (sulfide) groups is 1. The van der Waals surface area contributed by atoms with Gasteiger partial charge in [0.1, 0.15) is 11.8 Å². The van der Waals surface area contributed by atoms with E-state index in [1.165, 1.54) is 37.4 Å². The van der Waals surface area contributed by atoms with Gasteiger partial charge < -0.3 is 20.5 Å². The Bertz CT molecular complexity index is 1570. The second-order valence-corrected chi connectivity index (χ2v) is 15.0. The lowest BCUT2D eigenvalue weighted by atomic mass is 9.95. The fraction of sp³-hybridized carbons (Fsp3) is 0.462. The van der Waals surface area contributed by atoms with E-state index in [0.717, 1.165) is 45.9 Å². The van der Waals surface area contributed by atoms with Crippen molar-refractivity contribution in [2.75, 3.05) is 6.61 Å². The highest BCUT2D eigenvalue weighted by Crippen LogP contribution is 2.43. The molecule has 0 spiro atoms. The first-order chi connectivity index (χ1) is 23.4. The van der Waals surface area contributed by atoms with Gasteiger partial charge in [-0.05, 0) is 53.3 Å². The zero-order valence-electron chi connectivity index (χ0n) is 29.3. The van der Waals surface area contributed by atoms with Gasteiger partial charge in [0, 0.05) is 36.0 Å². The van der Waals surface area contributed by atoms with Gasteiger partial charge in [-0.1, -0.05) is 95.9 Å². The summed E-state index contributed by atoms with van der Waals surface area (Å²) in [5, 5.41) is 14.5. The zero-order chi connectivity index (χ0) is 35.4. The number of aliphatic carboxylic acids is 1. The van der Waals surface area contributed by atoms with Crippen molar-refractivity contribution < 1.29 is 24.2 Å². The number of rotatable bonds is 17. The fourth-order valence-electron chi connectivity index (χ4n) is 5.53. The molecule has 3 atom stereocenters. The van der Waals surface area contributed by atoms with E-state index >= 15 is 0 Å². The number of ether oxygens (including phenoxy) is 1. The van der Waals surface area contributed by atoms with Gasteiger partial charge in [-0.15, -0.1) is 11.8 Å². The Kier molecular flexibility index (Phi) is 13.8. The van der Waals surface area contributed by atoms with Crippen LogP contribution in [0.25, 0.3) is 22.5 Å². The topological polar surface area (TPSA) is 131 Å². The number of benzene rings is 2.